The van der Waals surface area contributed by atoms with Crippen LogP contribution in [-0.4, -0.2) is 18.1 Å². The van der Waals surface area contributed by atoms with Crippen LogP contribution in [0.3, 0.4) is 0 Å². The Morgan fingerprint density at radius 1 is 1.64 bits per heavy atom. The molecule has 0 fully saturated rings. The molecule has 11 heavy (non-hydrogen) atoms. The predicted octanol–water partition coefficient (Wildman–Crippen LogP) is 1.46. The van der Waals surface area contributed by atoms with Crippen LogP contribution in [0.1, 0.15) is 12.5 Å². The zero-order valence-electron chi connectivity index (χ0n) is 6.75. The summed E-state index contributed by atoms with van der Waals surface area (Å²) >= 11 is 0. The normalized spacial score (nSPS) is 15.2. The van der Waals surface area contributed by atoms with Gasteiger partial charge in [0, 0.05) is 19.3 Å². The fourth-order valence-electron chi connectivity index (χ4n) is 1.58. The van der Waals surface area contributed by atoms with Gasteiger partial charge in [-0.1, -0.05) is 6.07 Å². The molecule has 2 nitrogen and oxygen atoms in total. The number of pyridine rings is 1. The molecule has 0 aromatic carbocycles. The van der Waals surface area contributed by atoms with E-state index in [1.807, 2.05) is 12.3 Å². The van der Waals surface area contributed by atoms with Crippen molar-refractivity contribution in [1.29, 1.82) is 0 Å². The average Bonchev–Trinajstić information content (AvgIpc) is 2.47. The van der Waals surface area contributed by atoms with Crippen LogP contribution in [0.2, 0.25) is 0 Å². The third kappa shape index (κ3) is 0.985. The number of likely N-dealkylation sites (N-methyl/N-ethyl adjacent to an activating group) is 1. The van der Waals surface area contributed by atoms with E-state index in [0.29, 0.717) is 0 Å². The Morgan fingerprint density at radius 2 is 2.55 bits per heavy atom. The lowest BCUT2D eigenvalue weighted by Crippen LogP contribution is -2.19. The highest BCUT2D eigenvalue weighted by Crippen LogP contribution is 2.23. The minimum Gasteiger partial charge on any atom is -0.356 e. The maximum absolute atomic E-state index is 4.34. The maximum atomic E-state index is 4.34. The van der Waals surface area contributed by atoms with Crippen LogP contribution in [0.25, 0.3) is 0 Å². The van der Waals surface area contributed by atoms with E-state index in [2.05, 4.69) is 22.9 Å². The van der Waals surface area contributed by atoms with Crippen LogP contribution in [-0.2, 0) is 6.42 Å². The first-order valence-corrected chi connectivity index (χ1v) is 4.10. The summed E-state index contributed by atoms with van der Waals surface area (Å²) in [5.74, 6) is 1.19. The van der Waals surface area contributed by atoms with Crippen molar-refractivity contribution in [3.05, 3.63) is 23.9 Å². The SMILES string of the molecule is CCN1CCc2cccnc21. The number of anilines is 1. The van der Waals surface area contributed by atoms with E-state index in [4.69, 9.17) is 0 Å². The largest absolute Gasteiger partial charge is 0.356 e. The van der Waals surface area contributed by atoms with Gasteiger partial charge in [0.05, 0.1) is 0 Å². The third-order valence-electron chi connectivity index (χ3n) is 2.20. The predicted molar refractivity (Wildman–Crippen MR) is 45.8 cm³/mol. The minimum atomic E-state index is 1.07. The van der Waals surface area contributed by atoms with Crippen molar-refractivity contribution in [3.8, 4) is 0 Å². The summed E-state index contributed by atoms with van der Waals surface area (Å²) in [4.78, 5) is 6.65. The van der Waals surface area contributed by atoms with Crippen molar-refractivity contribution in [2.45, 2.75) is 13.3 Å². The Hall–Kier alpha value is -1.05. The minimum absolute atomic E-state index is 1.07. The van der Waals surface area contributed by atoms with Crippen molar-refractivity contribution in [1.82, 2.24) is 4.98 Å². The molecule has 0 radical (unpaired) electrons. The van der Waals surface area contributed by atoms with Gasteiger partial charge in [-0.3, -0.25) is 0 Å². The quantitative estimate of drug-likeness (QED) is 0.599. The summed E-state index contributed by atoms with van der Waals surface area (Å²) < 4.78 is 0. The smallest absolute Gasteiger partial charge is 0.131 e. The molecule has 0 saturated carbocycles. The molecule has 2 heteroatoms. The van der Waals surface area contributed by atoms with E-state index >= 15 is 0 Å². The van der Waals surface area contributed by atoms with Gasteiger partial charge in [0.2, 0.25) is 0 Å². The second kappa shape index (κ2) is 2.53. The molecule has 0 saturated heterocycles. The first kappa shape index (κ1) is 6.65. The molecule has 0 amide bonds. The lowest BCUT2D eigenvalue weighted by atomic mass is 10.2. The van der Waals surface area contributed by atoms with E-state index in [1.54, 1.807) is 0 Å². The van der Waals surface area contributed by atoms with Crippen molar-refractivity contribution in [3.63, 3.8) is 0 Å². The van der Waals surface area contributed by atoms with Gasteiger partial charge in [-0.2, -0.15) is 0 Å². The Kier molecular flexibility index (Phi) is 1.53. The highest BCUT2D eigenvalue weighted by atomic mass is 15.2. The third-order valence-corrected chi connectivity index (χ3v) is 2.20. The summed E-state index contributed by atoms with van der Waals surface area (Å²) in [5.41, 5.74) is 1.40. The number of rotatable bonds is 1. The molecule has 0 atom stereocenters. The first-order valence-electron chi connectivity index (χ1n) is 4.10. The van der Waals surface area contributed by atoms with Crippen molar-refractivity contribution in [2.24, 2.45) is 0 Å². The van der Waals surface area contributed by atoms with Crippen LogP contribution in [0.15, 0.2) is 18.3 Å². The molecule has 2 rings (SSSR count). The molecule has 1 aromatic rings. The lowest BCUT2D eigenvalue weighted by molar-refractivity contribution is 0.857. The lowest BCUT2D eigenvalue weighted by Gasteiger charge is -2.14. The van der Waals surface area contributed by atoms with Crippen molar-refractivity contribution >= 4 is 5.82 Å². The molecule has 1 aliphatic heterocycles. The van der Waals surface area contributed by atoms with E-state index in [0.717, 1.165) is 19.5 Å². The van der Waals surface area contributed by atoms with Crippen LogP contribution in [0.5, 0.6) is 0 Å². The van der Waals surface area contributed by atoms with Gasteiger partial charge < -0.3 is 4.90 Å². The van der Waals surface area contributed by atoms with Crippen LogP contribution in [0, 0.1) is 0 Å². The summed E-state index contributed by atoms with van der Waals surface area (Å²) in [5, 5.41) is 0. The second-order valence-electron chi connectivity index (χ2n) is 2.82. The Morgan fingerprint density at radius 3 is 3.36 bits per heavy atom. The fourth-order valence-corrected chi connectivity index (χ4v) is 1.58. The number of hydrogen-bond acceptors (Lipinski definition) is 2. The highest BCUT2D eigenvalue weighted by molar-refractivity contribution is 5.51. The molecular weight excluding hydrogens is 136 g/mol. The molecule has 1 aromatic heterocycles. The zero-order valence-corrected chi connectivity index (χ0v) is 6.75. The molecule has 0 spiro atoms. The molecule has 0 N–H and O–H groups in total. The number of aromatic nitrogens is 1. The van der Waals surface area contributed by atoms with E-state index in [1.165, 1.54) is 11.4 Å². The molecule has 1 aliphatic rings. The van der Waals surface area contributed by atoms with Gasteiger partial charge in [0.1, 0.15) is 5.82 Å². The molecule has 58 valence electrons. The number of hydrogen-bond donors (Lipinski definition) is 0. The van der Waals surface area contributed by atoms with Crippen LogP contribution in [0.4, 0.5) is 5.82 Å². The summed E-state index contributed by atoms with van der Waals surface area (Å²) in [7, 11) is 0. The maximum Gasteiger partial charge on any atom is 0.131 e. The van der Waals surface area contributed by atoms with Gasteiger partial charge in [-0.25, -0.2) is 4.98 Å². The van der Waals surface area contributed by atoms with Gasteiger partial charge in [-0.15, -0.1) is 0 Å². The van der Waals surface area contributed by atoms with Gasteiger partial charge in [0.25, 0.3) is 0 Å². The highest BCUT2D eigenvalue weighted by Gasteiger charge is 2.17. The molecular formula is C9H12N2. The first-order chi connectivity index (χ1) is 5.42. The summed E-state index contributed by atoms with van der Waals surface area (Å²) in [6, 6.07) is 4.18. The van der Waals surface area contributed by atoms with Gasteiger partial charge in [0.15, 0.2) is 0 Å². The van der Waals surface area contributed by atoms with Crippen LogP contribution < -0.4 is 4.90 Å². The standard InChI is InChI=1S/C9H12N2/c1-2-11-7-5-8-4-3-6-10-9(8)11/h3-4,6H,2,5,7H2,1H3. The van der Waals surface area contributed by atoms with E-state index in [9.17, 15) is 0 Å². The van der Waals surface area contributed by atoms with E-state index < -0.39 is 0 Å². The van der Waals surface area contributed by atoms with Gasteiger partial charge in [-0.05, 0) is 25.0 Å². The second-order valence-corrected chi connectivity index (χ2v) is 2.82. The summed E-state index contributed by atoms with van der Waals surface area (Å²) in [6.07, 6.45) is 3.03. The Labute approximate surface area is 66.9 Å². The number of fused-ring (bicyclic) bond motifs is 1. The Balaban J connectivity index is 2.39. The zero-order chi connectivity index (χ0) is 7.68. The average molecular weight is 148 g/mol. The van der Waals surface area contributed by atoms with Crippen molar-refractivity contribution in [2.75, 3.05) is 18.0 Å². The fraction of sp³-hybridized carbons (Fsp3) is 0.444. The molecule has 0 bridgehead atoms. The summed E-state index contributed by atoms with van der Waals surface area (Å²) in [6.45, 7) is 4.39. The molecule has 2 heterocycles. The van der Waals surface area contributed by atoms with Crippen molar-refractivity contribution < 1.29 is 0 Å². The molecule has 0 unspecified atom stereocenters. The van der Waals surface area contributed by atoms with E-state index in [-0.39, 0.29) is 0 Å². The monoisotopic (exact) mass is 148 g/mol. The number of nitrogens with zero attached hydrogens (tertiary/aromatic N) is 2. The molecule has 0 aliphatic carbocycles. The van der Waals surface area contributed by atoms with Crippen LogP contribution >= 0.6 is 0 Å². The van der Waals surface area contributed by atoms with Gasteiger partial charge >= 0.3 is 0 Å². The Bertz CT molecular complexity index is 257. The topological polar surface area (TPSA) is 16.1 Å².